The average molecular weight is 323 g/mol. The minimum Gasteiger partial charge on any atom is -0.494 e. The van der Waals surface area contributed by atoms with Crippen LogP contribution in [0.3, 0.4) is 0 Å². The molecule has 24 heavy (non-hydrogen) atoms. The van der Waals surface area contributed by atoms with Crippen LogP contribution in [0.4, 0.5) is 0 Å². The fourth-order valence-electron chi connectivity index (χ4n) is 2.17. The van der Waals surface area contributed by atoms with Crippen LogP contribution in [0.15, 0.2) is 48.5 Å². The first kappa shape index (κ1) is 17.6. The molecule has 0 amide bonds. The smallest absolute Gasteiger partial charge is 0.159 e. The predicted molar refractivity (Wildman–Crippen MR) is 92.4 cm³/mol. The van der Waals surface area contributed by atoms with E-state index in [0.717, 1.165) is 30.8 Å². The van der Waals surface area contributed by atoms with E-state index in [4.69, 9.17) is 14.7 Å². The molecular formula is C20H21NO3. The average Bonchev–Trinajstić information content (AvgIpc) is 2.62. The van der Waals surface area contributed by atoms with E-state index in [-0.39, 0.29) is 5.78 Å². The van der Waals surface area contributed by atoms with Gasteiger partial charge in [0.2, 0.25) is 0 Å². The van der Waals surface area contributed by atoms with E-state index in [9.17, 15) is 4.79 Å². The summed E-state index contributed by atoms with van der Waals surface area (Å²) in [5.41, 5.74) is 1.33. The van der Waals surface area contributed by atoms with Crippen molar-refractivity contribution in [3.05, 3.63) is 59.7 Å². The first-order valence-electron chi connectivity index (χ1n) is 8.06. The number of hydrogen-bond donors (Lipinski definition) is 0. The van der Waals surface area contributed by atoms with Crippen molar-refractivity contribution >= 4 is 5.78 Å². The van der Waals surface area contributed by atoms with Crippen molar-refractivity contribution in [3.8, 4) is 17.6 Å². The Labute approximate surface area is 142 Å². The normalized spacial score (nSPS) is 10.0. The van der Waals surface area contributed by atoms with Gasteiger partial charge in [0.05, 0.1) is 24.8 Å². The molecule has 0 unspecified atom stereocenters. The van der Waals surface area contributed by atoms with Gasteiger partial charge in [0, 0.05) is 5.56 Å². The van der Waals surface area contributed by atoms with E-state index in [1.807, 2.05) is 24.3 Å². The number of unbranched alkanes of at least 4 members (excludes halogenated alkanes) is 2. The molecule has 4 heteroatoms. The van der Waals surface area contributed by atoms with Crippen molar-refractivity contribution in [2.24, 2.45) is 0 Å². The highest BCUT2D eigenvalue weighted by Gasteiger charge is 2.00. The number of rotatable bonds is 9. The molecule has 0 aliphatic heterocycles. The maximum atomic E-state index is 11.2. The van der Waals surface area contributed by atoms with Gasteiger partial charge in [0.1, 0.15) is 11.5 Å². The standard InChI is InChI=1S/C20H21NO3/c1-16(22)18-7-11-20(12-8-18)24-14-4-2-3-13-23-19-9-5-17(15-21)6-10-19/h5-12H,2-4,13-14H2,1H3. The van der Waals surface area contributed by atoms with Gasteiger partial charge in [-0.2, -0.15) is 5.26 Å². The lowest BCUT2D eigenvalue weighted by molar-refractivity contribution is 0.101. The van der Waals surface area contributed by atoms with E-state index in [1.54, 1.807) is 31.2 Å². The number of Topliss-reactive ketones (excluding diaryl/α,β-unsaturated/α-hetero) is 1. The quantitative estimate of drug-likeness (QED) is 0.507. The van der Waals surface area contributed by atoms with Gasteiger partial charge < -0.3 is 9.47 Å². The minimum absolute atomic E-state index is 0.0591. The van der Waals surface area contributed by atoms with E-state index in [1.165, 1.54) is 0 Å². The molecule has 0 saturated carbocycles. The van der Waals surface area contributed by atoms with E-state index in [2.05, 4.69) is 6.07 Å². The van der Waals surface area contributed by atoms with Crippen molar-refractivity contribution < 1.29 is 14.3 Å². The second-order valence-corrected chi connectivity index (χ2v) is 5.47. The second kappa shape index (κ2) is 9.36. The number of ether oxygens (including phenoxy) is 2. The number of carbonyl (C=O) groups is 1. The third-order valence-electron chi connectivity index (χ3n) is 3.57. The summed E-state index contributed by atoms with van der Waals surface area (Å²) in [5, 5.41) is 8.73. The number of carbonyl (C=O) groups excluding carboxylic acids is 1. The van der Waals surface area contributed by atoms with E-state index < -0.39 is 0 Å². The zero-order chi connectivity index (χ0) is 17.2. The Morgan fingerprint density at radius 2 is 1.38 bits per heavy atom. The molecule has 0 N–H and O–H groups in total. The van der Waals surface area contributed by atoms with Crippen LogP contribution in [0.25, 0.3) is 0 Å². The summed E-state index contributed by atoms with van der Waals surface area (Å²) < 4.78 is 11.3. The lowest BCUT2D eigenvalue weighted by Gasteiger charge is -2.08. The number of nitrogens with zero attached hydrogens (tertiary/aromatic N) is 1. The van der Waals surface area contributed by atoms with E-state index >= 15 is 0 Å². The molecule has 0 bridgehead atoms. The largest absolute Gasteiger partial charge is 0.494 e. The summed E-state index contributed by atoms with van der Waals surface area (Å²) in [6.45, 7) is 2.85. The highest BCUT2D eigenvalue weighted by atomic mass is 16.5. The number of benzene rings is 2. The molecule has 0 fully saturated rings. The molecule has 0 radical (unpaired) electrons. The van der Waals surface area contributed by atoms with Gasteiger partial charge in [-0.15, -0.1) is 0 Å². The Kier molecular flexibility index (Phi) is 6.85. The fourth-order valence-corrected chi connectivity index (χ4v) is 2.17. The molecule has 0 aliphatic rings. The van der Waals surface area contributed by atoms with Crippen molar-refractivity contribution in [2.75, 3.05) is 13.2 Å². The van der Waals surface area contributed by atoms with Crippen molar-refractivity contribution in [3.63, 3.8) is 0 Å². The lowest BCUT2D eigenvalue weighted by atomic mass is 10.1. The molecule has 0 aliphatic carbocycles. The third kappa shape index (κ3) is 5.77. The molecule has 4 nitrogen and oxygen atoms in total. The van der Waals surface area contributed by atoms with Gasteiger partial charge in [0.25, 0.3) is 0 Å². The fraction of sp³-hybridized carbons (Fsp3) is 0.300. The van der Waals surface area contributed by atoms with Crippen molar-refractivity contribution in [1.29, 1.82) is 5.26 Å². The number of nitriles is 1. The van der Waals surface area contributed by atoms with Gasteiger partial charge >= 0.3 is 0 Å². The topological polar surface area (TPSA) is 59.3 Å². The number of ketones is 1. The highest BCUT2D eigenvalue weighted by Crippen LogP contribution is 2.14. The first-order valence-corrected chi connectivity index (χ1v) is 8.06. The second-order valence-electron chi connectivity index (χ2n) is 5.47. The minimum atomic E-state index is 0.0591. The third-order valence-corrected chi connectivity index (χ3v) is 3.57. The molecule has 2 aromatic rings. The summed E-state index contributed by atoms with van der Waals surface area (Å²) in [5.74, 6) is 1.63. The van der Waals surface area contributed by atoms with Gasteiger partial charge in [-0.05, 0) is 74.7 Å². The first-order chi connectivity index (χ1) is 11.7. The van der Waals surface area contributed by atoms with Crippen LogP contribution in [0.1, 0.15) is 42.1 Å². The van der Waals surface area contributed by atoms with Crippen LogP contribution in [-0.4, -0.2) is 19.0 Å². The zero-order valence-corrected chi connectivity index (χ0v) is 13.8. The van der Waals surface area contributed by atoms with Crippen LogP contribution in [-0.2, 0) is 0 Å². The summed E-state index contributed by atoms with van der Waals surface area (Å²) in [6.07, 6.45) is 2.92. The molecule has 124 valence electrons. The molecule has 2 aromatic carbocycles. The van der Waals surface area contributed by atoms with Crippen molar-refractivity contribution in [2.45, 2.75) is 26.2 Å². The Bertz CT molecular complexity index is 684. The maximum absolute atomic E-state index is 11.2. The van der Waals surface area contributed by atoms with E-state index in [0.29, 0.717) is 24.3 Å². The molecule has 0 saturated heterocycles. The molecule has 0 aromatic heterocycles. The summed E-state index contributed by atoms with van der Waals surface area (Å²) in [7, 11) is 0. The molecule has 0 heterocycles. The van der Waals surface area contributed by atoms with Crippen molar-refractivity contribution in [1.82, 2.24) is 0 Å². The van der Waals surface area contributed by atoms with Gasteiger partial charge in [-0.1, -0.05) is 0 Å². The van der Waals surface area contributed by atoms with Gasteiger partial charge in [0.15, 0.2) is 5.78 Å². The monoisotopic (exact) mass is 323 g/mol. The number of hydrogen-bond acceptors (Lipinski definition) is 4. The van der Waals surface area contributed by atoms with Crippen LogP contribution < -0.4 is 9.47 Å². The SMILES string of the molecule is CC(=O)c1ccc(OCCCCCOc2ccc(C#N)cc2)cc1. The van der Waals surface area contributed by atoms with Gasteiger partial charge in [-0.25, -0.2) is 0 Å². The molecule has 0 spiro atoms. The van der Waals surface area contributed by atoms with Crippen LogP contribution >= 0.6 is 0 Å². The Morgan fingerprint density at radius 1 is 0.875 bits per heavy atom. The predicted octanol–water partition coefficient (Wildman–Crippen LogP) is 4.39. The Hall–Kier alpha value is -2.80. The molecule has 2 rings (SSSR count). The summed E-state index contributed by atoms with van der Waals surface area (Å²) in [4.78, 5) is 11.2. The van der Waals surface area contributed by atoms with Crippen LogP contribution in [0, 0.1) is 11.3 Å². The Morgan fingerprint density at radius 3 is 1.83 bits per heavy atom. The lowest BCUT2D eigenvalue weighted by Crippen LogP contribution is -2.01. The molecular weight excluding hydrogens is 302 g/mol. The zero-order valence-electron chi connectivity index (χ0n) is 13.8. The summed E-state index contributed by atoms with van der Waals surface area (Å²) in [6, 6.07) is 16.4. The Balaban J connectivity index is 1.56. The highest BCUT2D eigenvalue weighted by molar-refractivity contribution is 5.94. The van der Waals surface area contributed by atoms with Crippen LogP contribution in [0.2, 0.25) is 0 Å². The maximum Gasteiger partial charge on any atom is 0.159 e. The summed E-state index contributed by atoms with van der Waals surface area (Å²) >= 11 is 0. The van der Waals surface area contributed by atoms with Crippen LogP contribution in [0.5, 0.6) is 11.5 Å². The molecule has 0 atom stereocenters. The van der Waals surface area contributed by atoms with Gasteiger partial charge in [-0.3, -0.25) is 4.79 Å².